The van der Waals surface area contributed by atoms with Crippen molar-refractivity contribution in [2.75, 3.05) is 11.4 Å². The molecule has 0 bridgehead atoms. The average molecular weight is 341 g/mol. The second-order valence-corrected chi connectivity index (χ2v) is 6.67. The number of para-hydroxylation sites is 1. The first kappa shape index (κ1) is 14.4. The highest BCUT2D eigenvalue weighted by Crippen LogP contribution is 2.30. The number of rotatable bonds is 2. The van der Waals surface area contributed by atoms with E-state index in [1.807, 2.05) is 52.7 Å². The maximum atomic E-state index is 12.8. The molecule has 23 heavy (non-hydrogen) atoms. The van der Waals surface area contributed by atoms with E-state index in [4.69, 9.17) is 11.6 Å². The number of carbonyl (C=O) groups is 1. The zero-order chi connectivity index (χ0) is 15.8. The van der Waals surface area contributed by atoms with Crippen LogP contribution in [0, 0.1) is 0 Å². The summed E-state index contributed by atoms with van der Waals surface area (Å²) in [5, 5.41) is 3.35. The summed E-state index contributed by atoms with van der Waals surface area (Å²) in [6.07, 6.45) is 0.899. The van der Waals surface area contributed by atoms with E-state index in [0.29, 0.717) is 17.3 Å². The summed E-state index contributed by atoms with van der Waals surface area (Å²) in [5.41, 5.74) is 3.68. The lowest BCUT2D eigenvalue weighted by molar-refractivity contribution is 0.0985. The number of halogens is 1. The molecule has 1 aliphatic rings. The van der Waals surface area contributed by atoms with Crippen LogP contribution in [0.2, 0.25) is 5.02 Å². The van der Waals surface area contributed by atoms with Gasteiger partial charge in [-0.1, -0.05) is 41.9 Å². The molecule has 0 atom stereocenters. The van der Waals surface area contributed by atoms with E-state index in [0.717, 1.165) is 22.7 Å². The largest absolute Gasteiger partial charge is 0.306 e. The SMILES string of the molecule is O=C(c1csc(-c2ccc(Cl)cc2)n1)N1CCc2ccccc21. The summed E-state index contributed by atoms with van der Waals surface area (Å²) in [6.45, 7) is 0.714. The van der Waals surface area contributed by atoms with Crippen molar-refractivity contribution in [2.45, 2.75) is 6.42 Å². The van der Waals surface area contributed by atoms with Gasteiger partial charge < -0.3 is 4.90 Å². The van der Waals surface area contributed by atoms with Crippen LogP contribution in [0.1, 0.15) is 16.1 Å². The van der Waals surface area contributed by atoms with Gasteiger partial charge in [-0.05, 0) is 30.2 Å². The predicted octanol–water partition coefficient (Wildman–Crippen LogP) is 4.67. The quantitative estimate of drug-likeness (QED) is 0.679. The lowest BCUT2D eigenvalue weighted by atomic mass is 10.2. The average Bonchev–Trinajstić information content (AvgIpc) is 3.22. The molecule has 3 aromatic rings. The number of nitrogens with zero attached hydrogens (tertiary/aromatic N) is 2. The van der Waals surface area contributed by atoms with Crippen molar-refractivity contribution in [2.24, 2.45) is 0 Å². The number of hydrogen-bond donors (Lipinski definition) is 0. The van der Waals surface area contributed by atoms with Gasteiger partial charge in [-0.2, -0.15) is 0 Å². The fourth-order valence-electron chi connectivity index (χ4n) is 2.78. The third-order valence-electron chi connectivity index (χ3n) is 3.95. The van der Waals surface area contributed by atoms with Gasteiger partial charge >= 0.3 is 0 Å². The van der Waals surface area contributed by atoms with Gasteiger partial charge in [0.05, 0.1) is 0 Å². The Labute approximate surface area is 143 Å². The zero-order valence-corrected chi connectivity index (χ0v) is 13.8. The van der Waals surface area contributed by atoms with Gasteiger partial charge in [0.15, 0.2) is 0 Å². The number of benzene rings is 2. The molecule has 1 aliphatic heterocycles. The molecular formula is C18H13ClN2OS. The number of carbonyl (C=O) groups excluding carboxylic acids is 1. The summed E-state index contributed by atoms with van der Waals surface area (Å²) in [7, 11) is 0. The molecule has 3 nitrogen and oxygen atoms in total. The van der Waals surface area contributed by atoms with E-state index in [-0.39, 0.29) is 5.91 Å². The standard InChI is InChI=1S/C18H13ClN2OS/c19-14-7-5-13(6-8-14)17-20-15(11-23-17)18(22)21-10-9-12-3-1-2-4-16(12)21/h1-8,11H,9-10H2. The monoisotopic (exact) mass is 340 g/mol. The summed E-state index contributed by atoms with van der Waals surface area (Å²) >= 11 is 7.39. The maximum absolute atomic E-state index is 12.8. The van der Waals surface area contributed by atoms with Crippen LogP contribution in [0.15, 0.2) is 53.9 Å². The number of fused-ring (bicyclic) bond motifs is 1. The summed E-state index contributed by atoms with van der Waals surface area (Å²) < 4.78 is 0. The molecule has 0 saturated carbocycles. The second kappa shape index (κ2) is 5.80. The van der Waals surface area contributed by atoms with Crippen molar-refractivity contribution >= 4 is 34.5 Å². The highest BCUT2D eigenvalue weighted by Gasteiger charge is 2.26. The molecule has 0 fully saturated rings. The number of hydrogen-bond acceptors (Lipinski definition) is 3. The molecule has 5 heteroatoms. The predicted molar refractivity (Wildman–Crippen MR) is 94.4 cm³/mol. The van der Waals surface area contributed by atoms with Gasteiger partial charge in [-0.25, -0.2) is 4.98 Å². The molecule has 114 valence electrons. The molecule has 0 spiro atoms. The Morgan fingerprint density at radius 1 is 1.13 bits per heavy atom. The molecular weight excluding hydrogens is 328 g/mol. The third-order valence-corrected chi connectivity index (χ3v) is 5.09. The van der Waals surface area contributed by atoms with Gasteiger partial charge in [0.2, 0.25) is 0 Å². The smallest absolute Gasteiger partial charge is 0.277 e. The number of amides is 1. The van der Waals surface area contributed by atoms with Crippen molar-refractivity contribution < 1.29 is 4.79 Å². The first-order valence-electron chi connectivity index (χ1n) is 7.33. The first-order valence-corrected chi connectivity index (χ1v) is 8.59. The number of aromatic nitrogens is 1. The molecule has 4 rings (SSSR count). The molecule has 2 aromatic carbocycles. The van der Waals surface area contributed by atoms with E-state index in [1.54, 1.807) is 0 Å². The highest BCUT2D eigenvalue weighted by atomic mass is 35.5. The maximum Gasteiger partial charge on any atom is 0.277 e. The Hall–Kier alpha value is -2.17. The van der Waals surface area contributed by atoms with Crippen LogP contribution in [-0.4, -0.2) is 17.4 Å². The van der Waals surface area contributed by atoms with Crippen LogP contribution in [0.4, 0.5) is 5.69 Å². The Morgan fingerprint density at radius 3 is 2.74 bits per heavy atom. The summed E-state index contributed by atoms with van der Waals surface area (Å²) in [5.74, 6) is -0.0357. The van der Waals surface area contributed by atoms with Crippen molar-refractivity contribution in [3.05, 3.63) is 70.2 Å². The van der Waals surface area contributed by atoms with Crippen LogP contribution >= 0.6 is 22.9 Å². The minimum atomic E-state index is -0.0357. The van der Waals surface area contributed by atoms with E-state index in [2.05, 4.69) is 11.1 Å². The minimum Gasteiger partial charge on any atom is -0.306 e. The number of anilines is 1. The van der Waals surface area contributed by atoms with Gasteiger partial charge in [0.1, 0.15) is 10.7 Å². The fourth-order valence-corrected chi connectivity index (χ4v) is 3.71. The minimum absolute atomic E-state index is 0.0357. The zero-order valence-electron chi connectivity index (χ0n) is 12.2. The third kappa shape index (κ3) is 2.64. The molecule has 1 aromatic heterocycles. The Bertz CT molecular complexity index is 873. The van der Waals surface area contributed by atoms with E-state index >= 15 is 0 Å². The fraction of sp³-hybridized carbons (Fsp3) is 0.111. The number of thiazole rings is 1. The lowest BCUT2D eigenvalue weighted by Crippen LogP contribution is -2.29. The van der Waals surface area contributed by atoms with Crippen molar-refractivity contribution in [3.8, 4) is 10.6 Å². The topological polar surface area (TPSA) is 33.2 Å². The van der Waals surface area contributed by atoms with Crippen LogP contribution in [0.3, 0.4) is 0 Å². The Kier molecular flexibility index (Phi) is 3.63. The van der Waals surface area contributed by atoms with Crippen molar-refractivity contribution in [1.82, 2.24) is 4.98 Å². The highest BCUT2D eigenvalue weighted by molar-refractivity contribution is 7.13. The van der Waals surface area contributed by atoms with E-state index in [1.165, 1.54) is 16.9 Å². The van der Waals surface area contributed by atoms with E-state index < -0.39 is 0 Å². The molecule has 0 aliphatic carbocycles. The van der Waals surface area contributed by atoms with Gasteiger partial charge in [0.25, 0.3) is 5.91 Å². The van der Waals surface area contributed by atoms with E-state index in [9.17, 15) is 4.79 Å². The molecule has 0 radical (unpaired) electrons. The van der Waals surface area contributed by atoms with Gasteiger partial charge in [0, 0.05) is 28.2 Å². The normalized spacial score (nSPS) is 13.2. The van der Waals surface area contributed by atoms with Crippen molar-refractivity contribution in [1.29, 1.82) is 0 Å². The van der Waals surface area contributed by atoms with Gasteiger partial charge in [-0.15, -0.1) is 11.3 Å². The van der Waals surface area contributed by atoms with Crippen LogP contribution in [-0.2, 0) is 6.42 Å². The van der Waals surface area contributed by atoms with Crippen LogP contribution in [0.25, 0.3) is 10.6 Å². The molecule has 1 amide bonds. The molecule has 2 heterocycles. The van der Waals surface area contributed by atoms with Crippen LogP contribution in [0.5, 0.6) is 0 Å². The molecule has 0 N–H and O–H groups in total. The lowest BCUT2D eigenvalue weighted by Gasteiger charge is -2.15. The summed E-state index contributed by atoms with van der Waals surface area (Å²) in [6, 6.07) is 15.5. The first-order chi connectivity index (χ1) is 11.2. The molecule has 0 saturated heterocycles. The molecule has 0 unspecified atom stereocenters. The summed E-state index contributed by atoms with van der Waals surface area (Å²) in [4.78, 5) is 19.1. The van der Waals surface area contributed by atoms with Crippen molar-refractivity contribution in [3.63, 3.8) is 0 Å². The Balaban J connectivity index is 1.62. The van der Waals surface area contributed by atoms with Gasteiger partial charge in [-0.3, -0.25) is 4.79 Å². The van der Waals surface area contributed by atoms with Crippen LogP contribution < -0.4 is 4.90 Å². The second-order valence-electron chi connectivity index (χ2n) is 5.38. The Morgan fingerprint density at radius 2 is 1.91 bits per heavy atom.